The van der Waals surface area contributed by atoms with E-state index in [0.29, 0.717) is 35.7 Å². The van der Waals surface area contributed by atoms with E-state index in [1.54, 1.807) is 31.4 Å². The molecule has 1 N–H and O–H groups in total. The van der Waals surface area contributed by atoms with Gasteiger partial charge in [-0.05, 0) is 29.3 Å². The molecule has 0 radical (unpaired) electrons. The maximum absolute atomic E-state index is 13.3. The fourth-order valence-electron chi connectivity index (χ4n) is 4.43. The fourth-order valence-corrected chi connectivity index (χ4v) is 4.43. The summed E-state index contributed by atoms with van der Waals surface area (Å²) in [5.41, 5.74) is 1.03. The summed E-state index contributed by atoms with van der Waals surface area (Å²) in [5, 5.41) is 13.3. The highest BCUT2D eigenvalue weighted by Crippen LogP contribution is 2.45. The number of rotatable bonds is 8. The Labute approximate surface area is 198 Å². The predicted octanol–water partition coefficient (Wildman–Crippen LogP) is 4.32. The Hall–Kier alpha value is -3.84. The average molecular weight is 462 g/mol. The third-order valence-electron chi connectivity index (χ3n) is 6.04. The number of aliphatic hydroxyl groups is 1. The fraction of sp³-hybridized carbons (Fsp3) is 0.259. The third kappa shape index (κ3) is 4.10. The Balaban J connectivity index is 1.91. The highest BCUT2D eigenvalue weighted by atomic mass is 16.5. The SMILES string of the molecule is COCCCN1C(=O)C(=O)/C(=C(/O)c2ccc3ccccc3c2)C1c1cccc(OC)c1OC. The van der Waals surface area contributed by atoms with Crippen molar-refractivity contribution in [2.45, 2.75) is 12.5 Å². The van der Waals surface area contributed by atoms with Crippen molar-refractivity contribution in [1.82, 2.24) is 4.90 Å². The summed E-state index contributed by atoms with van der Waals surface area (Å²) in [6, 6.07) is 17.6. The van der Waals surface area contributed by atoms with Crippen LogP contribution >= 0.6 is 0 Å². The second-order valence-corrected chi connectivity index (χ2v) is 7.98. The number of aliphatic hydroxyl groups excluding tert-OH is 1. The predicted molar refractivity (Wildman–Crippen MR) is 129 cm³/mol. The number of carbonyl (C=O) groups is 2. The lowest BCUT2D eigenvalue weighted by molar-refractivity contribution is -0.140. The number of likely N-dealkylation sites (tertiary alicyclic amines) is 1. The van der Waals surface area contributed by atoms with Gasteiger partial charge in [-0.1, -0.05) is 48.5 Å². The highest BCUT2D eigenvalue weighted by Gasteiger charge is 2.47. The molecule has 1 atom stereocenters. The minimum atomic E-state index is -0.839. The molecule has 1 aliphatic rings. The maximum atomic E-state index is 13.3. The first-order valence-corrected chi connectivity index (χ1v) is 11.0. The van der Waals surface area contributed by atoms with E-state index in [0.717, 1.165) is 10.8 Å². The molecule has 7 heteroatoms. The van der Waals surface area contributed by atoms with Crippen LogP contribution in [0.15, 0.2) is 66.2 Å². The molecule has 1 saturated heterocycles. The summed E-state index contributed by atoms with van der Waals surface area (Å²) in [5.74, 6) is -0.772. The van der Waals surface area contributed by atoms with E-state index >= 15 is 0 Å². The quantitative estimate of drug-likeness (QED) is 0.233. The number of methoxy groups -OCH3 is 3. The minimum absolute atomic E-state index is 0.0178. The van der Waals surface area contributed by atoms with Crippen LogP contribution in [0.25, 0.3) is 16.5 Å². The number of Topliss-reactive ketones (excluding diaryl/α,β-unsaturated/α-hetero) is 1. The molecule has 34 heavy (non-hydrogen) atoms. The van der Waals surface area contributed by atoms with Crippen LogP contribution in [-0.4, -0.2) is 56.2 Å². The van der Waals surface area contributed by atoms with Crippen LogP contribution in [0.2, 0.25) is 0 Å². The molecule has 0 aliphatic carbocycles. The molecule has 0 bridgehead atoms. The standard InChI is InChI=1S/C27H27NO6/c1-32-15-7-14-28-23(20-10-6-11-21(33-2)26(20)34-3)22(25(30)27(28)31)24(29)19-13-12-17-8-4-5-9-18(17)16-19/h4-6,8-13,16,23,29H,7,14-15H2,1-3H3/b24-22+. The van der Waals surface area contributed by atoms with Gasteiger partial charge in [0, 0.05) is 31.4 Å². The molecule has 1 fully saturated rings. The van der Waals surface area contributed by atoms with Crippen LogP contribution in [0.1, 0.15) is 23.6 Å². The van der Waals surface area contributed by atoms with Crippen molar-refractivity contribution in [1.29, 1.82) is 0 Å². The van der Waals surface area contributed by atoms with E-state index in [4.69, 9.17) is 14.2 Å². The molecule has 0 spiro atoms. The molecule has 3 aromatic carbocycles. The summed E-state index contributed by atoms with van der Waals surface area (Å²) in [4.78, 5) is 27.8. The van der Waals surface area contributed by atoms with Gasteiger partial charge in [0.2, 0.25) is 0 Å². The van der Waals surface area contributed by atoms with Crippen LogP contribution < -0.4 is 9.47 Å². The average Bonchev–Trinajstić information content (AvgIpc) is 3.12. The normalized spacial score (nSPS) is 17.4. The first kappa shape index (κ1) is 23.3. The van der Waals surface area contributed by atoms with Crippen LogP contribution in [0.3, 0.4) is 0 Å². The van der Waals surface area contributed by atoms with Crippen LogP contribution in [0.5, 0.6) is 11.5 Å². The highest BCUT2D eigenvalue weighted by molar-refractivity contribution is 6.46. The van der Waals surface area contributed by atoms with Crippen LogP contribution in [-0.2, 0) is 14.3 Å². The Kier molecular flexibility index (Phi) is 6.84. The smallest absolute Gasteiger partial charge is 0.295 e. The Morgan fingerprint density at radius 2 is 1.71 bits per heavy atom. The van der Waals surface area contributed by atoms with Crippen LogP contribution in [0, 0.1) is 0 Å². The van der Waals surface area contributed by atoms with Gasteiger partial charge in [-0.25, -0.2) is 0 Å². The van der Waals surface area contributed by atoms with Gasteiger partial charge in [0.1, 0.15) is 5.76 Å². The number of ketones is 1. The van der Waals surface area contributed by atoms with Gasteiger partial charge < -0.3 is 24.2 Å². The van der Waals surface area contributed by atoms with E-state index in [1.807, 2.05) is 36.4 Å². The molecule has 1 unspecified atom stereocenters. The van der Waals surface area contributed by atoms with Crippen molar-refractivity contribution in [2.24, 2.45) is 0 Å². The molecule has 1 heterocycles. The van der Waals surface area contributed by atoms with E-state index in [-0.39, 0.29) is 17.9 Å². The van der Waals surface area contributed by atoms with Crippen LogP contribution in [0.4, 0.5) is 0 Å². The zero-order chi connectivity index (χ0) is 24.2. The summed E-state index contributed by atoms with van der Waals surface area (Å²) < 4.78 is 16.2. The zero-order valence-electron chi connectivity index (χ0n) is 19.4. The second kappa shape index (κ2) is 9.97. The number of carbonyl (C=O) groups excluding carboxylic acids is 2. The summed E-state index contributed by atoms with van der Waals surface area (Å²) in [6.07, 6.45) is 0.530. The minimum Gasteiger partial charge on any atom is -0.507 e. The number of benzene rings is 3. The first-order chi connectivity index (χ1) is 16.5. The lowest BCUT2D eigenvalue weighted by atomic mass is 9.93. The van der Waals surface area contributed by atoms with Crippen molar-refractivity contribution in [3.8, 4) is 11.5 Å². The van der Waals surface area contributed by atoms with E-state index < -0.39 is 17.7 Å². The monoisotopic (exact) mass is 461 g/mol. The second-order valence-electron chi connectivity index (χ2n) is 7.98. The topological polar surface area (TPSA) is 85.3 Å². The van der Waals surface area contributed by atoms with Crippen molar-refractivity contribution in [3.05, 3.63) is 77.4 Å². The van der Waals surface area contributed by atoms with Gasteiger partial charge in [0.25, 0.3) is 11.7 Å². The number of para-hydroxylation sites is 1. The number of hydrogen-bond donors (Lipinski definition) is 1. The van der Waals surface area contributed by atoms with E-state index in [9.17, 15) is 14.7 Å². The lowest BCUT2D eigenvalue weighted by Crippen LogP contribution is -2.31. The molecule has 0 saturated carbocycles. The van der Waals surface area contributed by atoms with E-state index in [2.05, 4.69) is 0 Å². The van der Waals surface area contributed by atoms with E-state index in [1.165, 1.54) is 19.1 Å². The number of fused-ring (bicyclic) bond motifs is 1. The number of amides is 1. The summed E-state index contributed by atoms with van der Waals surface area (Å²) in [6.45, 7) is 0.702. The molecule has 1 amide bonds. The van der Waals surface area contributed by atoms with Crippen molar-refractivity contribution in [3.63, 3.8) is 0 Å². The summed E-state index contributed by atoms with van der Waals surface area (Å²) in [7, 11) is 4.60. The number of hydrogen-bond acceptors (Lipinski definition) is 6. The van der Waals surface area contributed by atoms with Gasteiger partial charge in [-0.15, -0.1) is 0 Å². The molecule has 1 aliphatic heterocycles. The van der Waals surface area contributed by atoms with Crippen molar-refractivity contribution < 1.29 is 28.9 Å². The van der Waals surface area contributed by atoms with Gasteiger partial charge in [0.05, 0.1) is 25.8 Å². The lowest BCUT2D eigenvalue weighted by Gasteiger charge is -2.27. The Bertz CT molecular complexity index is 1260. The molecular weight excluding hydrogens is 434 g/mol. The largest absolute Gasteiger partial charge is 0.507 e. The third-order valence-corrected chi connectivity index (χ3v) is 6.04. The number of nitrogens with zero attached hydrogens (tertiary/aromatic N) is 1. The molecule has 4 rings (SSSR count). The Morgan fingerprint density at radius 1 is 0.941 bits per heavy atom. The Morgan fingerprint density at radius 3 is 2.41 bits per heavy atom. The molecule has 0 aromatic heterocycles. The van der Waals surface area contributed by atoms with Gasteiger partial charge in [0.15, 0.2) is 11.5 Å². The van der Waals surface area contributed by atoms with Gasteiger partial charge in [-0.3, -0.25) is 9.59 Å². The first-order valence-electron chi connectivity index (χ1n) is 11.0. The maximum Gasteiger partial charge on any atom is 0.295 e. The molecule has 7 nitrogen and oxygen atoms in total. The van der Waals surface area contributed by atoms with Crippen molar-refractivity contribution in [2.75, 3.05) is 34.5 Å². The molecular formula is C27H27NO6. The molecule has 3 aromatic rings. The van der Waals surface area contributed by atoms with Gasteiger partial charge in [-0.2, -0.15) is 0 Å². The number of ether oxygens (including phenoxy) is 3. The molecule has 176 valence electrons. The van der Waals surface area contributed by atoms with Gasteiger partial charge >= 0.3 is 0 Å². The van der Waals surface area contributed by atoms with Crippen molar-refractivity contribution >= 4 is 28.2 Å². The zero-order valence-corrected chi connectivity index (χ0v) is 19.4. The summed E-state index contributed by atoms with van der Waals surface area (Å²) >= 11 is 0.